The van der Waals surface area contributed by atoms with Gasteiger partial charge in [0.25, 0.3) is 5.91 Å². The third-order valence-corrected chi connectivity index (χ3v) is 3.80. The van der Waals surface area contributed by atoms with Gasteiger partial charge in [0, 0.05) is 22.1 Å². The Labute approximate surface area is 104 Å². The minimum Gasteiger partial charge on any atom is -0.349 e. The maximum absolute atomic E-state index is 11.8. The first kappa shape index (κ1) is 11.6. The summed E-state index contributed by atoms with van der Waals surface area (Å²) in [5, 5.41) is 2.97. The van der Waals surface area contributed by atoms with E-state index in [0.717, 1.165) is 22.9 Å². The summed E-state index contributed by atoms with van der Waals surface area (Å²) in [4.78, 5) is 11.8. The van der Waals surface area contributed by atoms with Gasteiger partial charge in [-0.15, -0.1) is 0 Å². The fourth-order valence-electron chi connectivity index (χ4n) is 1.78. The van der Waals surface area contributed by atoms with Gasteiger partial charge in [0.2, 0.25) is 0 Å². The molecule has 0 bridgehead atoms. The molecule has 1 aliphatic rings. The number of carbonyl (C=O) groups excluding carboxylic acids is 1. The van der Waals surface area contributed by atoms with E-state index in [4.69, 9.17) is 5.73 Å². The van der Waals surface area contributed by atoms with Crippen molar-refractivity contribution in [3.63, 3.8) is 0 Å². The maximum atomic E-state index is 11.8. The van der Waals surface area contributed by atoms with Crippen molar-refractivity contribution in [1.29, 1.82) is 0 Å². The molecule has 0 radical (unpaired) electrons. The molecule has 3 N–H and O–H groups in total. The number of carbonyl (C=O) groups is 1. The number of hydrogen-bond donors (Lipinski definition) is 2. The predicted molar refractivity (Wildman–Crippen MR) is 67.3 cm³/mol. The average molecular weight is 283 g/mol. The topological polar surface area (TPSA) is 55.1 Å². The molecule has 1 amide bonds. The van der Waals surface area contributed by atoms with Crippen molar-refractivity contribution in [2.24, 2.45) is 5.73 Å². The van der Waals surface area contributed by atoms with E-state index in [1.165, 1.54) is 0 Å². The van der Waals surface area contributed by atoms with Crippen LogP contribution in [0.5, 0.6) is 0 Å². The van der Waals surface area contributed by atoms with E-state index >= 15 is 0 Å². The minimum absolute atomic E-state index is 0.0161. The molecule has 3 nitrogen and oxygen atoms in total. The Bertz CT molecular complexity index is 413. The third-order valence-electron chi connectivity index (χ3n) is 2.94. The number of aryl methyl sites for hydroxylation is 1. The molecule has 0 heterocycles. The molecule has 0 spiro atoms. The summed E-state index contributed by atoms with van der Waals surface area (Å²) in [6.45, 7) is 2.00. The number of nitrogens with two attached hydrogens (primary N) is 1. The first-order valence-corrected chi connectivity index (χ1v) is 6.18. The molecule has 1 saturated carbocycles. The second-order valence-electron chi connectivity index (χ2n) is 4.37. The smallest absolute Gasteiger partial charge is 0.251 e. The summed E-state index contributed by atoms with van der Waals surface area (Å²) in [6, 6.07) is 6.14. The van der Waals surface area contributed by atoms with Crippen LogP contribution in [0, 0.1) is 6.92 Å². The number of benzene rings is 1. The number of amides is 1. The summed E-state index contributed by atoms with van der Waals surface area (Å²) >= 11 is 3.42. The lowest BCUT2D eigenvalue weighted by molar-refractivity contribution is 0.0910. The molecule has 2 rings (SSSR count). The third kappa shape index (κ3) is 2.44. The van der Waals surface area contributed by atoms with Crippen molar-refractivity contribution in [3.05, 3.63) is 33.8 Å². The first-order valence-electron chi connectivity index (χ1n) is 5.39. The zero-order valence-electron chi connectivity index (χ0n) is 9.16. The highest BCUT2D eigenvalue weighted by molar-refractivity contribution is 9.10. The van der Waals surface area contributed by atoms with E-state index < -0.39 is 0 Å². The van der Waals surface area contributed by atoms with Gasteiger partial charge in [0.05, 0.1) is 0 Å². The van der Waals surface area contributed by atoms with Gasteiger partial charge in [-0.25, -0.2) is 0 Å². The van der Waals surface area contributed by atoms with Crippen LogP contribution in [0.15, 0.2) is 22.7 Å². The second-order valence-corrected chi connectivity index (χ2v) is 5.22. The molecule has 0 aliphatic heterocycles. The van der Waals surface area contributed by atoms with Crippen molar-refractivity contribution in [3.8, 4) is 0 Å². The highest BCUT2D eigenvalue weighted by Crippen LogP contribution is 2.20. The van der Waals surface area contributed by atoms with Crippen molar-refractivity contribution in [2.45, 2.75) is 31.8 Å². The Kier molecular flexibility index (Phi) is 3.30. The van der Waals surface area contributed by atoms with Crippen molar-refractivity contribution in [2.75, 3.05) is 0 Å². The normalized spacial score (nSPS) is 23.7. The largest absolute Gasteiger partial charge is 0.349 e. The van der Waals surface area contributed by atoms with Crippen LogP contribution in [0.25, 0.3) is 0 Å². The van der Waals surface area contributed by atoms with Crippen LogP contribution in [0.1, 0.15) is 28.8 Å². The SMILES string of the molecule is Cc1ccc(C(=O)NC2CC(N)C2)cc1Br. The lowest BCUT2D eigenvalue weighted by atomic mass is 9.87. The van der Waals surface area contributed by atoms with E-state index in [0.29, 0.717) is 5.56 Å². The Morgan fingerprint density at radius 3 is 2.75 bits per heavy atom. The number of halogens is 1. The Morgan fingerprint density at radius 1 is 1.50 bits per heavy atom. The predicted octanol–water partition coefficient (Wildman–Crippen LogP) is 1.98. The fourth-order valence-corrected chi connectivity index (χ4v) is 2.16. The van der Waals surface area contributed by atoms with Gasteiger partial charge in [0.15, 0.2) is 0 Å². The highest BCUT2D eigenvalue weighted by atomic mass is 79.9. The zero-order chi connectivity index (χ0) is 11.7. The van der Waals surface area contributed by atoms with Crippen molar-refractivity contribution < 1.29 is 4.79 Å². The highest BCUT2D eigenvalue weighted by Gasteiger charge is 2.27. The molecule has 0 aromatic heterocycles. The van der Waals surface area contributed by atoms with Crippen molar-refractivity contribution in [1.82, 2.24) is 5.32 Å². The van der Waals surface area contributed by atoms with Crippen LogP contribution < -0.4 is 11.1 Å². The minimum atomic E-state index is -0.0161. The molecule has 0 atom stereocenters. The quantitative estimate of drug-likeness (QED) is 0.872. The zero-order valence-corrected chi connectivity index (χ0v) is 10.8. The van der Waals surface area contributed by atoms with Crippen LogP contribution in [0.4, 0.5) is 0 Å². The van der Waals surface area contributed by atoms with Gasteiger partial charge in [-0.2, -0.15) is 0 Å². The molecule has 0 unspecified atom stereocenters. The average Bonchev–Trinajstić information content (AvgIpc) is 2.19. The lowest BCUT2D eigenvalue weighted by Crippen LogP contribution is -2.50. The monoisotopic (exact) mass is 282 g/mol. The molecule has 16 heavy (non-hydrogen) atoms. The standard InChI is InChI=1S/C12H15BrN2O/c1-7-2-3-8(4-11(7)13)12(16)15-10-5-9(14)6-10/h2-4,9-10H,5-6,14H2,1H3,(H,15,16). The van der Waals surface area contributed by atoms with E-state index in [9.17, 15) is 4.79 Å². The van der Waals surface area contributed by atoms with Gasteiger partial charge < -0.3 is 11.1 Å². The van der Waals surface area contributed by atoms with Gasteiger partial charge >= 0.3 is 0 Å². The molecule has 1 fully saturated rings. The van der Waals surface area contributed by atoms with E-state index in [-0.39, 0.29) is 18.0 Å². The first-order chi connectivity index (χ1) is 7.56. The summed E-state index contributed by atoms with van der Waals surface area (Å²) < 4.78 is 0.963. The number of hydrogen-bond acceptors (Lipinski definition) is 2. The van der Waals surface area contributed by atoms with E-state index in [2.05, 4.69) is 21.2 Å². The molecule has 1 aliphatic carbocycles. The van der Waals surface area contributed by atoms with Crippen LogP contribution >= 0.6 is 15.9 Å². The molecule has 4 heteroatoms. The Hall–Kier alpha value is -0.870. The van der Waals surface area contributed by atoms with Crippen LogP contribution in [0.3, 0.4) is 0 Å². The molecular weight excluding hydrogens is 268 g/mol. The fraction of sp³-hybridized carbons (Fsp3) is 0.417. The molecule has 1 aromatic carbocycles. The lowest BCUT2D eigenvalue weighted by Gasteiger charge is -2.32. The van der Waals surface area contributed by atoms with Gasteiger partial charge in [0.1, 0.15) is 0 Å². The summed E-state index contributed by atoms with van der Waals surface area (Å²) in [5.41, 5.74) is 7.49. The summed E-state index contributed by atoms with van der Waals surface area (Å²) in [5.74, 6) is -0.0161. The van der Waals surface area contributed by atoms with Crippen molar-refractivity contribution >= 4 is 21.8 Å². The molecule has 86 valence electrons. The second kappa shape index (κ2) is 4.55. The molecule has 0 saturated heterocycles. The maximum Gasteiger partial charge on any atom is 0.251 e. The Morgan fingerprint density at radius 2 is 2.19 bits per heavy atom. The van der Waals surface area contributed by atoms with E-state index in [1.807, 2.05) is 25.1 Å². The Balaban J connectivity index is 2.01. The molecule has 1 aromatic rings. The van der Waals surface area contributed by atoms with Gasteiger partial charge in [-0.05, 0) is 37.5 Å². The van der Waals surface area contributed by atoms with Crippen LogP contribution in [0.2, 0.25) is 0 Å². The number of rotatable bonds is 2. The van der Waals surface area contributed by atoms with E-state index in [1.54, 1.807) is 0 Å². The molecular formula is C12H15BrN2O. The number of nitrogens with one attached hydrogen (secondary N) is 1. The summed E-state index contributed by atoms with van der Waals surface area (Å²) in [6.07, 6.45) is 1.78. The van der Waals surface area contributed by atoms with Crippen LogP contribution in [-0.4, -0.2) is 18.0 Å². The van der Waals surface area contributed by atoms with Gasteiger partial charge in [-0.3, -0.25) is 4.79 Å². The summed E-state index contributed by atoms with van der Waals surface area (Å²) in [7, 11) is 0. The van der Waals surface area contributed by atoms with Crippen LogP contribution in [-0.2, 0) is 0 Å². The van der Waals surface area contributed by atoms with Gasteiger partial charge in [-0.1, -0.05) is 22.0 Å².